The molecule has 0 aliphatic carbocycles. The van der Waals surface area contributed by atoms with E-state index in [2.05, 4.69) is 0 Å². The molecule has 12 N–H and O–H groups in total. The van der Waals surface area contributed by atoms with Crippen molar-refractivity contribution in [3.8, 4) is 0 Å². The molecule has 0 bridgehead atoms. The van der Waals surface area contributed by atoms with Crippen molar-refractivity contribution in [3.63, 3.8) is 0 Å². The Balaban J connectivity index is 0.000000174. The maximum absolute atomic E-state index is 11.2. The van der Waals surface area contributed by atoms with Crippen LogP contribution in [0, 0.1) is 0 Å². The molecule has 0 aromatic heterocycles. The van der Waals surface area contributed by atoms with Gasteiger partial charge in [0.15, 0.2) is 0 Å². The van der Waals surface area contributed by atoms with Crippen LogP contribution in [-0.4, -0.2) is 25.9 Å². The van der Waals surface area contributed by atoms with Crippen molar-refractivity contribution in [1.82, 2.24) is 0 Å². The molecule has 0 amide bonds. The highest BCUT2D eigenvalue weighted by molar-refractivity contribution is 7.86. The van der Waals surface area contributed by atoms with E-state index in [1.54, 1.807) is 24.3 Å². The number of rotatable bonds is 2. The summed E-state index contributed by atoms with van der Waals surface area (Å²) in [7, 11) is -8.52. The van der Waals surface area contributed by atoms with E-state index in [-0.39, 0.29) is 20.9 Å². The summed E-state index contributed by atoms with van der Waals surface area (Å²) in [5.74, 6) is 0. The Morgan fingerprint density at radius 3 is 1.54 bits per heavy atom. The molecule has 39 heavy (non-hydrogen) atoms. The lowest BCUT2D eigenvalue weighted by Gasteiger charge is -2.08. The zero-order chi connectivity index (χ0) is 29.0. The largest absolute Gasteiger partial charge is 0.399 e. The summed E-state index contributed by atoms with van der Waals surface area (Å²) < 4.78 is 62.2. The van der Waals surface area contributed by atoms with Gasteiger partial charge >= 0.3 is 0 Å². The van der Waals surface area contributed by atoms with Gasteiger partial charge in [-0.2, -0.15) is 16.8 Å². The lowest BCUT2D eigenvalue weighted by molar-refractivity contribution is 0.481. The first-order chi connectivity index (χ1) is 18.2. The SMILES string of the molecule is Nc1ccc(N)c2c(S(=O)(=O)O)cccc12.Nc1ccc(N)c2cc(S(=O)(=O)O)ccc12.Nc1ccccc1. The van der Waals surface area contributed by atoms with Crippen LogP contribution in [0.15, 0.2) is 101 Å². The Labute approximate surface area is 225 Å². The van der Waals surface area contributed by atoms with Crippen molar-refractivity contribution in [3.05, 3.63) is 91.0 Å². The van der Waals surface area contributed by atoms with Crippen LogP contribution in [0.1, 0.15) is 0 Å². The number of benzene rings is 5. The van der Waals surface area contributed by atoms with Crippen molar-refractivity contribution in [2.24, 2.45) is 0 Å². The Hall–Kier alpha value is -4.56. The molecular formula is C26H27N5O6S2. The standard InChI is InChI=1S/2C10H10N2O3S.C6H7N/c11-9-3-4-10(12)8-5-6(16(13,14)15)1-2-7(8)9;11-7-4-5-8(12)10-6(7)2-1-3-9(10)16(13,14)15;7-6-4-2-1-3-5-6/h2*1-5H,11-12H2,(H,13,14,15);1-5H,7H2. The van der Waals surface area contributed by atoms with E-state index in [4.69, 9.17) is 37.8 Å². The number of anilines is 5. The molecule has 0 saturated carbocycles. The summed E-state index contributed by atoms with van der Waals surface area (Å²) in [4.78, 5) is -0.424. The molecule has 0 aliphatic rings. The van der Waals surface area contributed by atoms with E-state index in [1.807, 2.05) is 30.3 Å². The van der Waals surface area contributed by atoms with Crippen LogP contribution in [0.25, 0.3) is 21.5 Å². The van der Waals surface area contributed by atoms with E-state index < -0.39 is 20.2 Å². The van der Waals surface area contributed by atoms with Crippen molar-refractivity contribution in [2.75, 3.05) is 28.7 Å². The first-order valence-electron chi connectivity index (χ1n) is 11.1. The van der Waals surface area contributed by atoms with Crippen LogP contribution in [0.3, 0.4) is 0 Å². The second kappa shape index (κ2) is 11.4. The average Bonchev–Trinajstić information content (AvgIpc) is 2.88. The lowest BCUT2D eigenvalue weighted by atomic mass is 10.1. The molecule has 5 rings (SSSR count). The molecule has 13 heteroatoms. The predicted molar refractivity (Wildman–Crippen MR) is 156 cm³/mol. The molecule has 0 radical (unpaired) electrons. The van der Waals surface area contributed by atoms with Crippen molar-refractivity contribution < 1.29 is 25.9 Å². The fraction of sp³-hybridized carbons (Fsp3) is 0. The second-order valence-electron chi connectivity index (χ2n) is 8.23. The van der Waals surface area contributed by atoms with Crippen molar-refractivity contribution in [2.45, 2.75) is 9.79 Å². The van der Waals surface area contributed by atoms with Crippen molar-refractivity contribution >= 4 is 70.2 Å². The Kier molecular flexibility index (Phi) is 8.51. The molecule has 0 fully saturated rings. The third-order valence-electron chi connectivity index (χ3n) is 5.50. The third kappa shape index (κ3) is 7.06. The maximum atomic E-state index is 11.2. The van der Waals surface area contributed by atoms with Gasteiger partial charge in [-0.15, -0.1) is 0 Å². The zero-order valence-corrected chi connectivity index (χ0v) is 22.0. The second-order valence-corrected chi connectivity index (χ2v) is 11.0. The average molecular weight is 570 g/mol. The van der Waals surface area contributed by atoms with Gasteiger partial charge in [0.25, 0.3) is 20.2 Å². The van der Waals surface area contributed by atoms with Gasteiger partial charge in [0.2, 0.25) is 0 Å². The van der Waals surface area contributed by atoms with Gasteiger partial charge in [0, 0.05) is 50.0 Å². The van der Waals surface area contributed by atoms with Crippen LogP contribution in [0.2, 0.25) is 0 Å². The number of hydrogen-bond donors (Lipinski definition) is 7. The van der Waals surface area contributed by atoms with Gasteiger partial charge in [0.1, 0.15) is 4.90 Å². The minimum atomic E-state index is -4.30. The summed E-state index contributed by atoms with van der Waals surface area (Å²) in [6.07, 6.45) is 0. The van der Waals surface area contributed by atoms with Gasteiger partial charge in [-0.25, -0.2) is 0 Å². The molecule has 0 atom stereocenters. The van der Waals surface area contributed by atoms with Crippen LogP contribution in [-0.2, 0) is 20.2 Å². The van der Waals surface area contributed by atoms with Crippen LogP contribution >= 0.6 is 0 Å². The minimum absolute atomic E-state index is 0.197. The van der Waals surface area contributed by atoms with E-state index in [0.717, 1.165) is 5.69 Å². The van der Waals surface area contributed by atoms with E-state index in [0.29, 0.717) is 33.2 Å². The number of fused-ring (bicyclic) bond motifs is 2. The fourth-order valence-corrected chi connectivity index (χ4v) is 4.87. The summed E-state index contributed by atoms with van der Waals surface area (Å²) >= 11 is 0. The Bertz CT molecular complexity index is 1850. The number of nitrogen functional groups attached to an aromatic ring is 5. The molecule has 0 unspecified atom stereocenters. The van der Waals surface area contributed by atoms with Crippen LogP contribution in [0.5, 0.6) is 0 Å². The number of para-hydroxylation sites is 1. The van der Waals surface area contributed by atoms with Gasteiger partial charge in [-0.05, 0) is 54.6 Å². The smallest absolute Gasteiger partial charge is 0.295 e. The third-order valence-corrected chi connectivity index (χ3v) is 7.24. The molecule has 0 aliphatic heterocycles. The van der Waals surface area contributed by atoms with Crippen LogP contribution in [0.4, 0.5) is 28.4 Å². The Morgan fingerprint density at radius 1 is 0.487 bits per heavy atom. The molecule has 11 nitrogen and oxygen atoms in total. The van der Waals surface area contributed by atoms with E-state index in [9.17, 15) is 16.8 Å². The summed E-state index contributed by atoms with van der Waals surface area (Å²) in [6, 6.07) is 24.4. The molecule has 5 aromatic carbocycles. The molecule has 5 aromatic rings. The highest BCUT2D eigenvalue weighted by atomic mass is 32.2. The normalized spacial score (nSPS) is 11.2. The zero-order valence-electron chi connectivity index (χ0n) is 20.4. The first kappa shape index (κ1) is 29.0. The predicted octanol–water partition coefficient (Wildman–Crippen LogP) is 3.77. The van der Waals surface area contributed by atoms with Gasteiger partial charge in [-0.3, -0.25) is 9.11 Å². The summed E-state index contributed by atoms with van der Waals surface area (Å²) in [5.41, 5.74) is 30.6. The summed E-state index contributed by atoms with van der Waals surface area (Å²) in [6.45, 7) is 0. The highest BCUT2D eigenvalue weighted by Crippen LogP contribution is 2.32. The maximum Gasteiger partial charge on any atom is 0.295 e. The topological polar surface area (TPSA) is 239 Å². The van der Waals surface area contributed by atoms with E-state index in [1.165, 1.54) is 36.4 Å². The quantitative estimate of drug-likeness (QED) is 0.119. The highest BCUT2D eigenvalue weighted by Gasteiger charge is 2.16. The number of hydrogen-bond acceptors (Lipinski definition) is 9. The molecule has 0 saturated heterocycles. The van der Waals surface area contributed by atoms with E-state index >= 15 is 0 Å². The van der Waals surface area contributed by atoms with Gasteiger partial charge < -0.3 is 28.7 Å². The van der Waals surface area contributed by atoms with Crippen molar-refractivity contribution in [1.29, 1.82) is 0 Å². The molecule has 0 heterocycles. The van der Waals surface area contributed by atoms with Crippen LogP contribution < -0.4 is 28.7 Å². The molecule has 0 spiro atoms. The molecular weight excluding hydrogens is 542 g/mol. The minimum Gasteiger partial charge on any atom is -0.399 e. The number of nitrogens with two attached hydrogens (primary N) is 5. The lowest BCUT2D eigenvalue weighted by Crippen LogP contribution is -2.02. The monoisotopic (exact) mass is 569 g/mol. The Morgan fingerprint density at radius 2 is 1.03 bits per heavy atom. The molecule has 204 valence electrons. The van der Waals surface area contributed by atoms with Gasteiger partial charge in [0.05, 0.1) is 4.90 Å². The first-order valence-corrected chi connectivity index (χ1v) is 14.0. The fourth-order valence-electron chi connectivity index (χ4n) is 3.62. The van der Waals surface area contributed by atoms with Gasteiger partial charge in [-0.1, -0.05) is 36.4 Å². The summed E-state index contributed by atoms with van der Waals surface area (Å²) in [5, 5.41) is 1.93.